The van der Waals surface area contributed by atoms with Gasteiger partial charge in [-0.2, -0.15) is 5.10 Å². The lowest BCUT2D eigenvalue weighted by Crippen LogP contribution is -2.44. The molecule has 0 aliphatic heterocycles. The molecule has 6 nitrogen and oxygen atoms in total. The summed E-state index contributed by atoms with van der Waals surface area (Å²) in [6, 6.07) is 9.15. The smallest absolute Gasteiger partial charge is 0.328 e. The van der Waals surface area contributed by atoms with Gasteiger partial charge < -0.3 is 10.1 Å². The summed E-state index contributed by atoms with van der Waals surface area (Å²) in [5, 5.41) is 7.55. The van der Waals surface area contributed by atoms with E-state index in [4.69, 9.17) is 16.3 Å². The van der Waals surface area contributed by atoms with Crippen molar-refractivity contribution in [2.24, 2.45) is 5.92 Å². The molecular formula is C20H24ClN3O3. The van der Waals surface area contributed by atoms with Crippen LogP contribution in [-0.2, 0) is 20.9 Å². The molecule has 0 bridgehead atoms. The van der Waals surface area contributed by atoms with Gasteiger partial charge in [0.15, 0.2) is 0 Å². The maximum Gasteiger partial charge on any atom is 0.328 e. The third-order valence-electron chi connectivity index (χ3n) is 4.11. The minimum atomic E-state index is -0.704. The van der Waals surface area contributed by atoms with E-state index in [1.54, 1.807) is 10.8 Å². The maximum absolute atomic E-state index is 12.2. The normalized spacial score (nSPS) is 12.4. The number of hydrogen-bond acceptors (Lipinski definition) is 4. The number of esters is 1. The standard InChI is InChI=1S/C20H24ClN3O3/c1-13(2)18(20(26)27-4)22-17(25)11-10-16-14(3)23-24(19(16)21)12-15-8-6-5-7-9-15/h5-11,13,18H,12H2,1-4H3,(H,22,25)/b11-10+/t18-/m0/s1. The van der Waals surface area contributed by atoms with Gasteiger partial charge in [-0.05, 0) is 24.5 Å². The van der Waals surface area contributed by atoms with E-state index in [-0.39, 0.29) is 5.92 Å². The van der Waals surface area contributed by atoms with Crippen molar-refractivity contribution in [3.63, 3.8) is 0 Å². The highest BCUT2D eigenvalue weighted by Crippen LogP contribution is 2.22. The summed E-state index contributed by atoms with van der Waals surface area (Å²) >= 11 is 6.44. The summed E-state index contributed by atoms with van der Waals surface area (Å²) in [6.45, 7) is 6.04. The number of carbonyl (C=O) groups excluding carboxylic acids is 2. The van der Waals surface area contributed by atoms with Gasteiger partial charge in [-0.3, -0.25) is 4.79 Å². The van der Waals surface area contributed by atoms with E-state index in [1.807, 2.05) is 51.1 Å². The zero-order valence-electron chi connectivity index (χ0n) is 15.9. The number of methoxy groups -OCH3 is 1. The number of halogens is 1. The Kier molecular flexibility index (Phi) is 7.19. The summed E-state index contributed by atoms with van der Waals surface area (Å²) in [5.74, 6) is -0.962. The second-order valence-electron chi connectivity index (χ2n) is 6.52. The van der Waals surface area contributed by atoms with Gasteiger partial charge in [0, 0.05) is 11.6 Å². The highest BCUT2D eigenvalue weighted by molar-refractivity contribution is 6.31. The first-order valence-corrected chi connectivity index (χ1v) is 9.04. The number of benzene rings is 1. The number of aryl methyl sites for hydroxylation is 1. The molecule has 27 heavy (non-hydrogen) atoms. The number of amides is 1. The largest absolute Gasteiger partial charge is 0.467 e. The van der Waals surface area contributed by atoms with E-state index < -0.39 is 17.9 Å². The molecule has 144 valence electrons. The Hall–Kier alpha value is -2.60. The van der Waals surface area contributed by atoms with Crippen molar-refractivity contribution in [3.8, 4) is 0 Å². The van der Waals surface area contributed by atoms with Crippen LogP contribution in [0.15, 0.2) is 36.4 Å². The van der Waals surface area contributed by atoms with Crippen molar-refractivity contribution in [1.82, 2.24) is 15.1 Å². The van der Waals surface area contributed by atoms with Crippen LogP contribution in [0.4, 0.5) is 0 Å². The van der Waals surface area contributed by atoms with Crippen molar-refractivity contribution in [1.29, 1.82) is 0 Å². The SMILES string of the molecule is COC(=O)[C@@H](NC(=O)/C=C/c1c(C)nn(Cc2ccccc2)c1Cl)C(C)C. The molecule has 1 aromatic heterocycles. The Morgan fingerprint density at radius 3 is 2.56 bits per heavy atom. The number of nitrogens with one attached hydrogen (secondary N) is 1. The predicted molar refractivity (Wildman–Crippen MR) is 105 cm³/mol. The number of aromatic nitrogens is 2. The Balaban J connectivity index is 2.12. The highest BCUT2D eigenvalue weighted by Gasteiger charge is 2.24. The lowest BCUT2D eigenvalue weighted by molar-refractivity contribution is -0.145. The van der Waals surface area contributed by atoms with Gasteiger partial charge in [-0.25, -0.2) is 9.48 Å². The van der Waals surface area contributed by atoms with Gasteiger partial charge in [0.2, 0.25) is 5.91 Å². The highest BCUT2D eigenvalue weighted by atomic mass is 35.5. The van der Waals surface area contributed by atoms with Crippen LogP contribution in [0.5, 0.6) is 0 Å². The Morgan fingerprint density at radius 1 is 1.30 bits per heavy atom. The fourth-order valence-electron chi connectivity index (χ4n) is 2.60. The van der Waals surface area contributed by atoms with Gasteiger partial charge in [0.05, 0.1) is 19.3 Å². The average molecular weight is 390 g/mol. The first-order chi connectivity index (χ1) is 12.8. The van der Waals surface area contributed by atoms with Crippen LogP contribution in [0.2, 0.25) is 5.15 Å². The molecule has 7 heteroatoms. The molecule has 1 amide bonds. The zero-order valence-corrected chi connectivity index (χ0v) is 16.7. The zero-order chi connectivity index (χ0) is 20.0. The third-order valence-corrected chi connectivity index (χ3v) is 4.50. The number of nitrogens with zero attached hydrogens (tertiary/aromatic N) is 2. The topological polar surface area (TPSA) is 73.2 Å². The second kappa shape index (κ2) is 9.37. The average Bonchev–Trinajstić information content (AvgIpc) is 2.91. The Labute approximate surface area is 164 Å². The van der Waals surface area contributed by atoms with E-state index in [1.165, 1.54) is 13.2 Å². The molecule has 0 aliphatic carbocycles. The van der Waals surface area contributed by atoms with E-state index in [0.29, 0.717) is 23.0 Å². The number of carbonyl (C=O) groups is 2. The predicted octanol–water partition coefficient (Wildman–Crippen LogP) is 3.22. The van der Waals surface area contributed by atoms with E-state index in [0.717, 1.165) is 5.56 Å². The molecule has 0 unspecified atom stereocenters. The summed E-state index contributed by atoms with van der Waals surface area (Å²) in [7, 11) is 1.30. The van der Waals surface area contributed by atoms with Crippen LogP contribution in [0.3, 0.4) is 0 Å². The fourth-order valence-corrected chi connectivity index (χ4v) is 2.90. The van der Waals surface area contributed by atoms with Gasteiger partial charge in [-0.1, -0.05) is 55.8 Å². The van der Waals surface area contributed by atoms with Gasteiger partial charge >= 0.3 is 5.97 Å². The molecular weight excluding hydrogens is 366 g/mol. The molecule has 0 aliphatic rings. The van der Waals surface area contributed by atoms with Crippen LogP contribution in [0.25, 0.3) is 6.08 Å². The number of ether oxygens (including phenoxy) is 1. The monoisotopic (exact) mass is 389 g/mol. The molecule has 2 aromatic rings. The first-order valence-electron chi connectivity index (χ1n) is 8.66. The van der Waals surface area contributed by atoms with Gasteiger partial charge in [0.25, 0.3) is 0 Å². The molecule has 1 aromatic carbocycles. The van der Waals surface area contributed by atoms with Crippen LogP contribution in [-0.4, -0.2) is 34.8 Å². The van der Waals surface area contributed by atoms with Crippen LogP contribution in [0.1, 0.15) is 30.7 Å². The molecule has 0 spiro atoms. The van der Waals surface area contributed by atoms with E-state index in [2.05, 4.69) is 10.4 Å². The summed E-state index contributed by atoms with van der Waals surface area (Å²) in [4.78, 5) is 23.9. The number of rotatable bonds is 7. The molecule has 0 saturated heterocycles. The summed E-state index contributed by atoms with van der Waals surface area (Å²) < 4.78 is 6.41. The first kappa shape index (κ1) is 20.7. The summed E-state index contributed by atoms with van der Waals surface area (Å²) in [5.41, 5.74) is 2.46. The molecule has 1 N–H and O–H groups in total. The minimum absolute atomic E-state index is 0.0891. The lowest BCUT2D eigenvalue weighted by atomic mass is 10.0. The van der Waals surface area contributed by atoms with E-state index in [9.17, 15) is 9.59 Å². The Bertz CT molecular complexity index is 828. The summed E-state index contributed by atoms with van der Waals surface area (Å²) in [6.07, 6.45) is 2.96. The quantitative estimate of drug-likeness (QED) is 0.583. The molecule has 0 fully saturated rings. The van der Waals surface area contributed by atoms with E-state index >= 15 is 0 Å². The molecule has 1 heterocycles. The van der Waals surface area contributed by atoms with Gasteiger partial charge in [0.1, 0.15) is 11.2 Å². The van der Waals surface area contributed by atoms with Crippen LogP contribution >= 0.6 is 11.6 Å². The molecule has 1 atom stereocenters. The van der Waals surface area contributed by atoms with Crippen molar-refractivity contribution in [3.05, 3.63) is 58.4 Å². The Morgan fingerprint density at radius 2 is 1.96 bits per heavy atom. The van der Waals surface area contributed by atoms with Crippen molar-refractivity contribution >= 4 is 29.6 Å². The molecule has 0 radical (unpaired) electrons. The van der Waals surface area contributed by atoms with Crippen molar-refractivity contribution in [2.45, 2.75) is 33.4 Å². The van der Waals surface area contributed by atoms with Crippen LogP contribution < -0.4 is 5.32 Å². The van der Waals surface area contributed by atoms with Crippen molar-refractivity contribution in [2.75, 3.05) is 7.11 Å². The third kappa shape index (κ3) is 5.44. The fraction of sp³-hybridized carbons (Fsp3) is 0.350. The van der Waals surface area contributed by atoms with Gasteiger partial charge in [-0.15, -0.1) is 0 Å². The number of hydrogen-bond donors (Lipinski definition) is 1. The molecule has 2 rings (SSSR count). The molecule has 0 saturated carbocycles. The minimum Gasteiger partial charge on any atom is -0.467 e. The van der Waals surface area contributed by atoms with Crippen LogP contribution in [0, 0.1) is 12.8 Å². The second-order valence-corrected chi connectivity index (χ2v) is 6.88. The van der Waals surface area contributed by atoms with Crippen molar-refractivity contribution < 1.29 is 14.3 Å². The maximum atomic E-state index is 12.2. The lowest BCUT2D eigenvalue weighted by Gasteiger charge is -2.18.